The van der Waals surface area contributed by atoms with E-state index >= 15 is 0 Å². The number of aromatic nitrogens is 1. The van der Waals surface area contributed by atoms with Crippen molar-refractivity contribution >= 4 is 11.8 Å². The van der Waals surface area contributed by atoms with E-state index in [-0.39, 0.29) is 17.9 Å². The van der Waals surface area contributed by atoms with Crippen LogP contribution in [-0.2, 0) is 9.53 Å². The van der Waals surface area contributed by atoms with Gasteiger partial charge in [-0.25, -0.2) is 4.98 Å². The van der Waals surface area contributed by atoms with E-state index in [1.54, 1.807) is 7.05 Å². The SMILES string of the molecule is CCC(CC)(NC(=O)c1nc(OCC2CC2)ccc1C1CCCCO1)C(=O)NC. The molecule has 1 saturated carbocycles. The molecule has 0 radical (unpaired) electrons. The summed E-state index contributed by atoms with van der Waals surface area (Å²) in [5.74, 6) is 0.475. The average molecular weight is 404 g/mol. The van der Waals surface area contributed by atoms with Gasteiger partial charge in [0.05, 0.1) is 12.7 Å². The fourth-order valence-electron chi connectivity index (χ4n) is 3.77. The number of nitrogens with zero attached hydrogens (tertiary/aromatic N) is 1. The molecule has 2 aliphatic rings. The van der Waals surface area contributed by atoms with Gasteiger partial charge in [-0.3, -0.25) is 9.59 Å². The maximum atomic E-state index is 13.3. The van der Waals surface area contributed by atoms with E-state index in [4.69, 9.17) is 9.47 Å². The molecule has 2 N–H and O–H groups in total. The normalized spacial score (nSPS) is 19.5. The maximum Gasteiger partial charge on any atom is 0.271 e. The van der Waals surface area contributed by atoms with Crippen molar-refractivity contribution in [3.63, 3.8) is 0 Å². The number of rotatable bonds is 9. The zero-order valence-corrected chi connectivity index (χ0v) is 17.8. The molecule has 2 heterocycles. The van der Waals surface area contributed by atoms with Gasteiger partial charge in [0.1, 0.15) is 11.2 Å². The molecule has 7 heteroatoms. The number of pyridine rings is 1. The molecule has 1 aliphatic carbocycles. The summed E-state index contributed by atoms with van der Waals surface area (Å²) in [5, 5.41) is 5.63. The Morgan fingerprint density at radius 3 is 2.55 bits per heavy atom. The van der Waals surface area contributed by atoms with Crippen LogP contribution in [0.1, 0.15) is 80.9 Å². The summed E-state index contributed by atoms with van der Waals surface area (Å²) >= 11 is 0. The minimum absolute atomic E-state index is 0.160. The van der Waals surface area contributed by atoms with Gasteiger partial charge in [-0.15, -0.1) is 0 Å². The smallest absolute Gasteiger partial charge is 0.271 e. The maximum absolute atomic E-state index is 13.3. The third kappa shape index (κ3) is 5.07. The van der Waals surface area contributed by atoms with Crippen molar-refractivity contribution in [2.24, 2.45) is 5.92 Å². The van der Waals surface area contributed by atoms with E-state index in [1.807, 2.05) is 26.0 Å². The van der Waals surface area contributed by atoms with Crippen LogP contribution in [0.5, 0.6) is 5.88 Å². The van der Waals surface area contributed by atoms with Crippen molar-refractivity contribution in [1.29, 1.82) is 0 Å². The molecule has 3 rings (SSSR count). The highest BCUT2D eigenvalue weighted by atomic mass is 16.5. The largest absolute Gasteiger partial charge is 0.477 e. The Hall–Kier alpha value is -2.15. The minimum Gasteiger partial charge on any atom is -0.477 e. The first kappa shape index (κ1) is 21.6. The van der Waals surface area contributed by atoms with Crippen LogP contribution < -0.4 is 15.4 Å². The molecule has 160 valence electrons. The molecule has 1 aliphatic heterocycles. The van der Waals surface area contributed by atoms with Gasteiger partial charge in [-0.05, 0) is 56.9 Å². The summed E-state index contributed by atoms with van der Waals surface area (Å²) in [4.78, 5) is 30.3. The van der Waals surface area contributed by atoms with Crippen molar-refractivity contribution in [3.8, 4) is 5.88 Å². The van der Waals surface area contributed by atoms with E-state index < -0.39 is 5.54 Å². The molecular weight excluding hydrogens is 370 g/mol. The molecule has 0 spiro atoms. The first-order chi connectivity index (χ1) is 14.0. The monoisotopic (exact) mass is 403 g/mol. The summed E-state index contributed by atoms with van der Waals surface area (Å²) in [6.07, 6.45) is 6.12. The van der Waals surface area contributed by atoms with Crippen LogP contribution in [0.4, 0.5) is 0 Å². The second-order valence-corrected chi connectivity index (χ2v) is 8.02. The lowest BCUT2D eigenvalue weighted by molar-refractivity contribution is -0.127. The van der Waals surface area contributed by atoms with Gasteiger partial charge in [0.25, 0.3) is 5.91 Å². The molecule has 2 amide bonds. The molecule has 1 atom stereocenters. The van der Waals surface area contributed by atoms with Crippen LogP contribution in [0, 0.1) is 5.92 Å². The van der Waals surface area contributed by atoms with Crippen molar-refractivity contribution in [3.05, 3.63) is 23.4 Å². The van der Waals surface area contributed by atoms with Crippen molar-refractivity contribution in [2.45, 2.75) is 70.4 Å². The number of hydrogen-bond donors (Lipinski definition) is 2. The van der Waals surface area contributed by atoms with E-state index in [2.05, 4.69) is 15.6 Å². The van der Waals surface area contributed by atoms with E-state index in [1.165, 1.54) is 12.8 Å². The second kappa shape index (κ2) is 9.57. The zero-order valence-electron chi connectivity index (χ0n) is 17.8. The Morgan fingerprint density at radius 2 is 1.97 bits per heavy atom. The van der Waals surface area contributed by atoms with Crippen LogP contribution in [0.3, 0.4) is 0 Å². The van der Waals surface area contributed by atoms with E-state index in [0.29, 0.717) is 43.5 Å². The van der Waals surface area contributed by atoms with Crippen LogP contribution >= 0.6 is 0 Å². The van der Waals surface area contributed by atoms with Crippen LogP contribution in [0.15, 0.2) is 12.1 Å². The summed E-state index contributed by atoms with van der Waals surface area (Å²) in [6.45, 7) is 5.09. The second-order valence-electron chi connectivity index (χ2n) is 8.02. The Kier molecular flexibility index (Phi) is 7.11. The quantitative estimate of drug-likeness (QED) is 0.661. The molecule has 0 bridgehead atoms. The van der Waals surface area contributed by atoms with Crippen molar-refractivity contribution in [1.82, 2.24) is 15.6 Å². The summed E-state index contributed by atoms with van der Waals surface area (Å²) < 4.78 is 11.7. The highest BCUT2D eigenvalue weighted by molar-refractivity contribution is 5.99. The number of ether oxygens (including phenoxy) is 2. The van der Waals surface area contributed by atoms with E-state index in [9.17, 15) is 9.59 Å². The van der Waals surface area contributed by atoms with Crippen LogP contribution in [-0.4, -0.2) is 42.6 Å². The Labute approximate surface area is 172 Å². The van der Waals surface area contributed by atoms with Crippen LogP contribution in [0.2, 0.25) is 0 Å². The third-order valence-electron chi connectivity index (χ3n) is 6.03. The molecule has 1 aromatic rings. The van der Waals surface area contributed by atoms with Crippen molar-refractivity contribution < 1.29 is 19.1 Å². The fourth-order valence-corrected chi connectivity index (χ4v) is 3.77. The van der Waals surface area contributed by atoms with Gasteiger partial charge >= 0.3 is 0 Å². The lowest BCUT2D eigenvalue weighted by Gasteiger charge is -2.31. The minimum atomic E-state index is -0.969. The van der Waals surface area contributed by atoms with E-state index in [0.717, 1.165) is 24.8 Å². The fraction of sp³-hybridized carbons (Fsp3) is 0.682. The topological polar surface area (TPSA) is 89.6 Å². The lowest BCUT2D eigenvalue weighted by atomic mass is 9.91. The highest BCUT2D eigenvalue weighted by Gasteiger charge is 2.37. The molecule has 7 nitrogen and oxygen atoms in total. The number of hydrogen-bond acceptors (Lipinski definition) is 5. The summed E-state index contributed by atoms with van der Waals surface area (Å²) in [6, 6.07) is 3.71. The Morgan fingerprint density at radius 1 is 1.21 bits per heavy atom. The first-order valence-corrected chi connectivity index (χ1v) is 10.8. The number of amides is 2. The Bertz CT molecular complexity index is 723. The Balaban J connectivity index is 1.88. The first-order valence-electron chi connectivity index (χ1n) is 10.8. The standard InChI is InChI=1S/C22H33N3O4/c1-4-22(5-2,21(27)23-3)25-20(26)19-16(17-8-6-7-13-28-17)11-12-18(24-19)29-14-15-9-10-15/h11-12,15,17H,4-10,13-14H2,1-3H3,(H,23,27)(H,25,26). The van der Waals surface area contributed by atoms with Gasteiger partial charge in [-0.1, -0.05) is 13.8 Å². The predicted molar refractivity (Wildman–Crippen MR) is 110 cm³/mol. The molecule has 29 heavy (non-hydrogen) atoms. The predicted octanol–water partition coefficient (Wildman–Crippen LogP) is 3.15. The molecule has 1 unspecified atom stereocenters. The average Bonchev–Trinajstić information content (AvgIpc) is 3.60. The van der Waals surface area contributed by atoms with Crippen molar-refractivity contribution in [2.75, 3.05) is 20.3 Å². The molecular formula is C22H33N3O4. The number of carbonyl (C=O) groups excluding carboxylic acids is 2. The van der Waals surface area contributed by atoms with Gasteiger partial charge in [-0.2, -0.15) is 0 Å². The van der Waals surface area contributed by atoms with Gasteiger partial charge in [0.15, 0.2) is 0 Å². The lowest BCUT2D eigenvalue weighted by Crippen LogP contribution is -2.57. The summed E-state index contributed by atoms with van der Waals surface area (Å²) in [5.41, 5.74) is 0.0858. The van der Waals surface area contributed by atoms with Gasteiger partial charge in [0, 0.05) is 25.3 Å². The number of nitrogens with one attached hydrogen (secondary N) is 2. The van der Waals surface area contributed by atoms with Gasteiger partial charge < -0.3 is 20.1 Å². The van der Waals surface area contributed by atoms with Gasteiger partial charge in [0.2, 0.25) is 11.8 Å². The molecule has 1 aromatic heterocycles. The molecule has 0 aromatic carbocycles. The number of carbonyl (C=O) groups is 2. The van der Waals surface area contributed by atoms with Crippen LogP contribution in [0.25, 0.3) is 0 Å². The third-order valence-corrected chi connectivity index (χ3v) is 6.03. The highest BCUT2D eigenvalue weighted by Crippen LogP contribution is 2.32. The molecule has 2 fully saturated rings. The zero-order chi connectivity index (χ0) is 20.9. The molecule has 1 saturated heterocycles. The number of likely N-dealkylation sites (N-methyl/N-ethyl adjacent to an activating group) is 1. The summed E-state index contributed by atoms with van der Waals surface area (Å²) in [7, 11) is 1.58.